The van der Waals surface area contributed by atoms with Gasteiger partial charge in [0, 0.05) is 13.0 Å². The van der Waals surface area contributed by atoms with Gasteiger partial charge < -0.3 is 16.0 Å². The first-order chi connectivity index (χ1) is 13.5. The number of amides is 2. The second kappa shape index (κ2) is 9.39. The highest BCUT2D eigenvalue weighted by Crippen LogP contribution is 2.23. The number of benzene rings is 1. The number of rotatable bonds is 7. The maximum Gasteiger partial charge on any atom is 0.452 e. The van der Waals surface area contributed by atoms with E-state index in [-0.39, 0.29) is 12.3 Å². The van der Waals surface area contributed by atoms with Crippen molar-refractivity contribution in [2.24, 2.45) is 11.7 Å². The Morgan fingerprint density at radius 3 is 2.38 bits per heavy atom. The Hall–Kier alpha value is -2.42. The van der Waals surface area contributed by atoms with Crippen molar-refractivity contribution in [3.8, 4) is 0 Å². The fraction of sp³-hybridized carbons (Fsp3) is 0.550. The van der Waals surface area contributed by atoms with Gasteiger partial charge in [-0.05, 0) is 24.3 Å². The number of alkyl halides is 3. The van der Waals surface area contributed by atoms with Crippen LogP contribution in [0.1, 0.15) is 32.3 Å². The van der Waals surface area contributed by atoms with E-state index in [2.05, 4.69) is 5.32 Å². The predicted molar refractivity (Wildman–Crippen MR) is 101 cm³/mol. The molecule has 2 amide bonds. The molecule has 1 heterocycles. The van der Waals surface area contributed by atoms with E-state index in [4.69, 9.17) is 5.73 Å². The maximum atomic E-state index is 13.0. The Labute approximate surface area is 167 Å². The third-order valence-electron chi connectivity index (χ3n) is 5.04. The van der Waals surface area contributed by atoms with E-state index in [9.17, 15) is 27.6 Å². The minimum atomic E-state index is -5.09. The second-order valence-corrected chi connectivity index (χ2v) is 7.57. The molecule has 1 aromatic carbocycles. The van der Waals surface area contributed by atoms with Gasteiger partial charge in [0.05, 0.1) is 6.04 Å². The third-order valence-corrected chi connectivity index (χ3v) is 5.04. The maximum absolute atomic E-state index is 13.0. The minimum absolute atomic E-state index is 0.149. The highest BCUT2D eigenvalue weighted by molar-refractivity contribution is 5.96. The van der Waals surface area contributed by atoms with Gasteiger partial charge in [0.15, 0.2) is 0 Å². The lowest BCUT2D eigenvalue weighted by molar-refractivity contribution is -0.173. The SMILES string of the molecule is CC(C)[C@H](N)C(=O)N1CCC[C@H]1C(=O)N[C@@H](Cc1ccccc1)C(=O)C(F)(F)F. The lowest BCUT2D eigenvalue weighted by Crippen LogP contribution is -2.56. The summed E-state index contributed by atoms with van der Waals surface area (Å²) in [6.45, 7) is 3.84. The van der Waals surface area contributed by atoms with Gasteiger partial charge in [0.2, 0.25) is 11.8 Å². The molecule has 0 aromatic heterocycles. The van der Waals surface area contributed by atoms with E-state index >= 15 is 0 Å². The van der Waals surface area contributed by atoms with Crippen LogP contribution in [-0.2, 0) is 20.8 Å². The molecule has 0 bridgehead atoms. The van der Waals surface area contributed by atoms with E-state index in [0.717, 1.165) is 0 Å². The normalized spacial score (nSPS) is 19.1. The van der Waals surface area contributed by atoms with Crippen LogP contribution in [0.4, 0.5) is 13.2 Å². The van der Waals surface area contributed by atoms with Crippen molar-refractivity contribution in [3.63, 3.8) is 0 Å². The average molecular weight is 413 g/mol. The Morgan fingerprint density at radius 1 is 1.21 bits per heavy atom. The molecule has 2 rings (SSSR count). The number of nitrogens with one attached hydrogen (secondary N) is 1. The number of carbonyl (C=O) groups is 3. The zero-order valence-corrected chi connectivity index (χ0v) is 16.4. The number of hydrogen-bond acceptors (Lipinski definition) is 4. The van der Waals surface area contributed by atoms with Gasteiger partial charge in [-0.15, -0.1) is 0 Å². The van der Waals surface area contributed by atoms with Crippen LogP contribution in [0.5, 0.6) is 0 Å². The smallest absolute Gasteiger partial charge is 0.344 e. The summed E-state index contributed by atoms with van der Waals surface area (Å²) in [6, 6.07) is 4.62. The van der Waals surface area contributed by atoms with Crippen LogP contribution in [0.3, 0.4) is 0 Å². The van der Waals surface area contributed by atoms with E-state index in [0.29, 0.717) is 24.9 Å². The van der Waals surface area contributed by atoms with Gasteiger partial charge in [-0.25, -0.2) is 0 Å². The van der Waals surface area contributed by atoms with Crippen molar-refractivity contribution in [1.29, 1.82) is 0 Å². The predicted octanol–water partition coefficient (Wildman–Crippen LogP) is 1.82. The van der Waals surface area contributed by atoms with Gasteiger partial charge in [-0.2, -0.15) is 13.2 Å². The number of Topliss-reactive ketones (excluding diaryl/α,β-unsaturated/α-hetero) is 1. The van der Waals surface area contributed by atoms with Gasteiger partial charge in [0.1, 0.15) is 12.1 Å². The Kier molecular flexibility index (Phi) is 7.40. The zero-order valence-electron chi connectivity index (χ0n) is 16.4. The van der Waals surface area contributed by atoms with E-state index in [1.807, 2.05) is 0 Å². The molecule has 29 heavy (non-hydrogen) atoms. The summed E-state index contributed by atoms with van der Waals surface area (Å²) in [4.78, 5) is 38.5. The lowest BCUT2D eigenvalue weighted by atomic mass is 10.0. The first-order valence-corrected chi connectivity index (χ1v) is 9.53. The molecule has 1 aliphatic rings. The van der Waals surface area contributed by atoms with Crippen molar-refractivity contribution in [2.45, 2.75) is 57.4 Å². The second-order valence-electron chi connectivity index (χ2n) is 7.57. The average Bonchev–Trinajstić information content (AvgIpc) is 3.15. The molecule has 1 aromatic rings. The Balaban J connectivity index is 2.17. The monoisotopic (exact) mass is 413 g/mol. The number of ketones is 1. The number of nitrogens with zero attached hydrogens (tertiary/aromatic N) is 1. The number of nitrogens with two attached hydrogens (primary N) is 1. The molecule has 1 aliphatic heterocycles. The molecule has 160 valence electrons. The summed E-state index contributed by atoms with van der Waals surface area (Å²) in [7, 11) is 0. The fourth-order valence-corrected chi connectivity index (χ4v) is 3.30. The van der Waals surface area contributed by atoms with Crippen LogP contribution in [0, 0.1) is 5.92 Å². The van der Waals surface area contributed by atoms with Crippen LogP contribution < -0.4 is 11.1 Å². The van der Waals surface area contributed by atoms with Gasteiger partial charge in [0.25, 0.3) is 5.78 Å². The quantitative estimate of drug-likeness (QED) is 0.713. The lowest BCUT2D eigenvalue weighted by Gasteiger charge is -2.29. The van der Waals surface area contributed by atoms with Crippen molar-refractivity contribution >= 4 is 17.6 Å². The molecular formula is C20H26F3N3O3. The molecule has 0 unspecified atom stereocenters. The Bertz CT molecular complexity index is 737. The number of halogens is 3. The zero-order chi connectivity index (χ0) is 21.8. The highest BCUT2D eigenvalue weighted by atomic mass is 19.4. The molecule has 0 spiro atoms. The molecule has 0 radical (unpaired) electrons. The summed E-state index contributed by atoms with van der Waals surface area (Å²) >= 11 is 0. The summed E-state index contributed by atoms with van der Waals surface area (Å²) in [6.07, 6.45) is -4.54. The van der Waals surface area contributed by atoms with Crippen molar-refractivity contribution in [3.05, 3.63) is 35.9 Å². The van der Waals surface area contributed by atoms with E-state index in [1.165, 1.54) is 4.90 Å². The first-order valence-electron chi connectivity index (χ1n) is 9.53. The van der Waals surface area contributed by atoms with Crippen LogP contribution in [-0.4, -0.2) is 53.3 Å². The highest BCUT2D eigenvalue weighted by Gasteiger charge is 2.45. The molecule has 9 heteroatoms. The Morgan fingerprint density at radius 2 is 1.83 bits per heavy atom. The largest absolute Gasteiger partial charge is 0.452 e. The number of carbonyl (C=O) groups excluding carboxylic acids is 3. The first kappa shape index (κ1) is 22.9. The van der Waals surface area contributed by atoms with Crippen molar-refractivity contribution in [1.82, 2.24) is 10.2 Å². The topological polar surface area (TPSA) is 92.5 Å². The number of likely N-dealkylation sites (tertiary alicyclic amines) is 1. The van der Waals surface area contributed by atoms with Crippen molar-refractivity contribution < 1.29 is 27.6 Å². The van der Waals surface area contributed by atoms with Crippen LogP contribution >= 0.6 is 0 Å². The molecule has 0 saturated carbocycles. The molecule has 3 N–H and O–H groups in total. The molecular weight excluding hydrogens is 387 g/mol. The molecule has 0 aliphatic carbocycles. The molecule has 6 nitrogen and oxygen atoms in total. The summed E-state index contributed by atoms with van der Waals surface area (Å²) in [5.74, 6) is -3.36. The van der Waals surface area contributed by atoms with Crippen molar-refractivity contribution in [2.75, 3.05) is 6.54 Å². The fourth-order valence-electron chi connectivity index (χ4n) is 3.30. The van der Waals surface area contributed by atoms with E-state index in [1.54, 1.807) is 44.2 Å². The third kappa shape index (κ3) is 5.79. The molecule has 1 saturated heterocycles. The molecule has 3 atom stereocenters. The number of hydrogen-bond donors (Lipinski definition) is 2. The van der Waals surface area contributed by atoms with Gasteiger partial charge in [-0.3, -0.25) is 14.4 Å². The minimum Gasteiger partial charge on any atom is -0.344 e. The van der Waals surface area contributed by atoms with Crippen LogP contribution in [0.25, 0.3) is 0 Å². The summed E-state index contributed by atoms with van der Waals surface area (Å²) in [5, 5.41) is 2.22. The summed E-state index contributed by atoms with van der Waals surface area (Å²) < 4.78 is 39.1. The van der Waals surface area contributed by atoms with E-state index < -0.39 is 41.9 Å². The van der Waals surface area contributed by atoms with Crippen LogP contribution in [0.15, 0.2) is 30.3 Å². The van der Waals surface area contributed by atoms with Gasteiger partial charge >= 0.3 is 6.18 Å². The molecule has 1 fully saturated rings. The van der Waals surface area contributed by atoms with Gasteiger partial charge in [-0.1, -0.05) is 44.2 Å². The standard InChI is InChI=1S/C20H26F3N3O3/c1-12(2)16(24)19(29)26-10-6-9-15(26)18(28)25-14(17(27)20(21,22)23)11-13-7-4-3-5-8-13/h3-5,7-8,12,14-16H,6,9-11,24H2,1-2H3,(H,25,28)/t14-,15-,16-/m0/s1. The van der Waals surface area contributed by atoms with Crippen LogP contribution in [0.2, 0.25) is 0 Å². The summed E-state index contributed by atoms with van der Waals surface area (Å²) in [5.41, 5.74) is 6.37.